The van der Waals surface area contributed by atoms with Crippen molar-refractivity contribution in [2.75, 3.05) is 19.7 Å². The molecule has 18 heavy (non-hydrogen) atoms. The highest BCUT2D eigenvalue weighted by Crippen LogP contribution is 2.14. The van der Waals surface area contributed by atoms with Gasteiger partial charge in [-0.1, -0.05) is 0 Å². The Morgan fingerprint density at radius 3 is 2.78 bits per heavy atom. The molecule has 1 fully saturated rings. The highest BCUT2D eigenvalue weighted by Gasteiger charge is 2.13. The minimum Gasteiger partial charge on any atom is -0.477 e. The summed E-state index contributed by atoms with van der Waals surface area (Å²) in [7, 11) is 0. The molecule has 0 aromatic carbocycles. The van der Waals surface area contributed by atoms with Crippen molar-refractivity contribution in [1.82, 2.24) is 10.3 Å². The average molecular weight is 290 g/mol. The van der Waals surface area contributed by atoms with Gasteiger partial charge >= 0.3 is 0 Å². The molecule has 1 N–H and O–H groups in total. The lowest BCUT2D eigenvalue weighted by Gasteiger charge is -2.22. The van der Waals surface area contributed by atoms with Crippen molar-refractivity contribution in [3.63, 3.8) is 0 Å². The molecule has 2 heterocycles. The van der Waals surface area contributed by atoms with Crippen molar-refractivity contribution in [1.29, 1.82) is 5.26 Å². The van der Waals surface area contributed by atoms with E-state index in [1.165, 1.54) is 0 Å². The van der Waals surface area contributed by atoms with Crippen molar-refractivity contribution < 1.29 is 4.74 Å². The molecule has 0 unspecified atom stereocenters. The molecule has 0 saturated carbocycles. The fourth-order valence-electron chi connectivity index (χ4n) is 1.81. The first-order chi connectivity index (χ1) is 7.88. The lowest BCUT2D eigenvalue weighted by Crippen LogP contribution is -2.30. The van der Waals surface area contributed by atoms with Crippen LogP contribution < -0.4 is 10.1 Å². The topological polar surface area (TPSA) is 57.9 Å². The van der Waals surface area contributed by atoms with Crippen LogP contribution in [0.5, 0.6) is 5.88 Å². The second-order valence-electron chi connectivity index (χ2n) is 4.00. The minimum absolute atomic E-state index is 0. The summed E-state index contributed by atoms with van der Waals surface area (Å²) in [5.74, 6) is 1.16. The number of rotatable bonds is 3. The number of hydrogen-bond donors (Lipinski definition) is 1. The van der Waals surface area contributed by atoms with E-state index >= 15 is 0 Å². The molecule has 0 spiro atoms. The van der Waals surface area contributed by atoms with Crippen LogP contribution in [0.25, 0.3) is 0 Å². The van der Waals surface area contributed by atoms with E-state index in [0.29, 0.717) is 24.0 Å². The summed E-state index contributed by atoms with van der Waals surface area (Å²) in [4.78, 5) is 4.08. The summed E-state index contributed by atoms with van der Waals surface area (Å²) >= 11 is 0. The number of hydrogen-bond acceptors (Lipinski definition) is 4. The van der Waals surface area contributed by atoms with Gasteiger partial charge in [-0.15, -0.1) is 24.8 Å². The number of pyridine rings is 1. The van der Waals surface area contributed by atoms with Crippen molar-refractivity contribution in [2.24, 2.45) is 5.92 Å². The highest BCUT2D eigenvalue weighted by atomic mass is 35.5. The van der Waals surface area contributed by atoms with E-state index in [0.717, 1.165) is 25.9 Å². The van der Waals surface area contributed by atoms with Crippen molar-refractivity contribution in [2.45, 2.75) is 12.8 Å². The van der Waals surface area contributed by atoms with Gasteiger partial charge in [-0.05, 0) is 37.9 Å². The van der Waals surface area contributed by atoms with E-state index in [1.807, 2.05) is 0 Å². The van der Waals surface area contributed by atoms with Crippen molar-refractivity contribution in [3.05, 3.63) is 23.9 Å². The van der Waals surface area contributed by atoms with E-state index in [-0.39, 0.29) is 24.8 Å². The first kappa shape index (κ1) is 17.0. The molecule has 1 aromatic rings. The molecule has 6 heteroatoms. The zero-order valence-corrected chi connectivity index (χ0v) is 11.6. The van der Waals surface area contributed by atoms with Gasteiger partial charge in [0.15, 0.2) is 0 Å². The molecule has 0 bridgehead atoms. The largest absolute Gasteiger partial charge is 0.477 e. The third kappa shape index (κ3) is 5.09. The zero-order chi connectivity index (χ0) is 11.2. The minimum atomic E-state index is 0. The lowest BCUT2D eigenvalue weighted by molar-refractivity contribution is 0.209. The zero-order valence-electron chi connectivity index (χ0n) is 9.96. The van der Waals surface area contributed by atoms with Gasteiger partial charge < -0.3 is 10.1 Å². The fraction of sp³-hybridized carbons (Fsp3) is 0.500. The summed E-state index contributed by atoms with van der Waals surface area (Å²) in [5.41, 5.74) is 0.593. The number of aromatic nitrogens is 1. The number of piperidine rings is 1. The number of ether oxygens (including phenoxy) is 1. The molecule has 2 rings (SSSR count). The van der Waals surface area contributed by atoms with Crippen LogP contribution in [0, 0.1) is 17.2 Å². The molecular formula is C12H17Cl2N3O. The Hall–Kier alpha value is -1.02. The van der Waals surface area contributed by atoms with Crippen LogP contribution in [0.15, 0.2) is 18.3 Å². The van der Waals surface area contributed by atoms with Crippen molar-refractivity contribution in [3.8, 4) is 11.9 Å². The summed E-state index contributed by atoms with van der Waals surface area (Å²) in [6, 6.07) is 5.43. The Kier molecular flexibility index (Phi) is 8.47. The highest BCUT2D eigenvalue weighted by molar-refractivity contribution is 5.85. The molecule has 1 aromatic heterocycles. The Morgan fingerprint density at radius 2 is 2.11 bits per heavy atom. The van der Waals surface area contributed by atoms with Gasteiger partial charge in [-0.3, -0.25) is 0 Å². The molecule has 1 saturated heterocycles. The molecule has 0 atom stereocenters. The normalized spacial score (nSPS) is 14.8. The van der Waals surface area contributed by atoms with Gasteiger partial charge in [-0.2, -0.15) is 5.26 Å². The Bertz CT molecular complexity index is 389. The molecule has 100 valence electrons. The van der Waals surface area contributed by atoms with E-state index in [9.17, 15) is 0 Å². The fourth-order valence-corrected chi connectivity index (χ4v) is 1.81. The molecule has 0 aliphatic carbocycles. The van der Waals surface area contributed by atoms with Crippen LogP contribution in [-0.2, 0) is 0 Å². The molecule has 1 aliphatic heterocycles. The van der Waals surface area contributed by atoms with Crippen LogP contribution in [0.2, 0.25) is 0 Å². The summed E-state index contributed by atoms with van der Waals surface area (Å²) in [6.07, 6.45) is 3.91. The average Bonchev–Trinajstić information content (AvgIpc) is 2.38. The van der Waals surface area contributed by atoms with Gasteiger partial charge in [0.2, 0.25) is 5.88 Å². The van der Waals surface area contributed by atoms with E-state index < -0.39 is 0 Å². The second-order valence-corrected chi connectivity index (χ2v) is 4.00. The Balaban J connectivity index is 0.00000144. The number of nitriles is 1. The van der Waals surface area contributed by atoms with Crippen molar-refractivity contribution >= 4 is 24.8 Å². The first-order valence-electron chi connectivity index (χ1n) is 5.58. The predicted octanol–water partition coefficient (Wildman–Crippen LogP) is 2.18. The maximum absolute atomic E-state index is 8.74. The second kappa shape index (κ2) is 8.98. The third-order valence-electron chi connectivity index (χ3n) is 2.79. The molecular weight excluding hydrogens is 273 g/mol. The predicted molar refractivity (Wildman–Crippen MR) is 74.5 cm³/mol. The van der Waals surface area contributed by atoms with Crippen LogP contribution in [0.1, 0.15) is 18.4 Å². The summed E-state index contributed by atoms with van der Waals surface area (Å²) in [5, 5.41) is 12.1. The smallest absolute Gasteiger partial charge is 0.214 e. The van der Waals surface area contributed by atoms with E-state index in [2.05, 4.69) is 16.4 Å². The Morgan fingerprint density at radius 1 is 1.39 bits per heavy atom. The Labute approximate surface area is 120 Å². The monoisotopic (exact) mass is 289 g/mol. The number of halogens is 2. The van der Waals surface area contributed by atoms with Crippen LogP contribution in [0.4, 0.5) is 0 Å². The standard InChI is InChI=1S/C12H15N3O.2ClH/c13-8-11-3-6-15-12(7-11)16-9-10-1-4-14-5-2-10;;/h3,6-7,10,14H,1-2,4-5,9H2;2*1H. The van der Waals surface area contributed by atoms with Crippen LogP contribution in [-0.4, -0.2) is 24.7 Å². The molecule has 4 nitrogen and oxygen atoms in total. The van der Waals surface area contributed by atoms with Crippen LogP contribution >= 0.6 is 24.8 Å². The van der Waals surface area contributed by atoms with E-state index in [1.54, 1.807) is 18.3 Å². The maximum atomic E-state index is 8.74. The summed E-state index contributed by atoms with van der Waals surface area (Å²) in [6.45, 7) is 2.84. The lowest BCUT2D eigenvalue weighted by atomic mass is 9.99. The molecule has 0 radical (unpaired) electrons. The van der Waals surface area contributed by atoms with E-state index in [4.69, 9.17) is 10.00 Å². The van der Waals surface area contributed by atoms with Crippen LogP contribution in [0.3, 0.4) is 0 Å². The number of nitrogens with zero attached hydrogens (tertiary/aromatic N) is 2. The summed E-state index contributed by atoms with van der Waals surface area (Å²) < 4.78 is 5.60. The maximum Gasteiger partial charge on any atom is 0.214 e. The third-order valence-corrected chi connectivity index (χ3v) is 2.79. The van der Waals surface area contributed by atoms with Gasteiger partial charge in [-0.25, -0.2) is 4.98 Å². The van der Waals surface area contributed by atoms with Gasteiger partial charge in [0, 0.05) is 12.3 Å². The molecule has 0 amide bonds. The SMILES string of the molecule is Cl.Cl.N#Cc1ccnc(OCC2CCNCC2)c1. The number of nitrogens with one attached hydrogen (secondary N) is 1. The molecule has 1 aliphatic rings. The quantitative estimate of drug-likeness (QED) is 0.927. The van der Waals surface area contributed by atoms with Gasteiger partial charge in [0.25, 0.3) is 0 Å². The first-order valence-corrected chi connectivity index (χ1v) is 5.58. The van der Waals surface area contributed by atoms with Gasteiger partial charge in [0.1, 0.15) is 0 Å². The van der Waals surface area contributed by atoms with Gasteiger partial charge in [0.05, 0.1) is 18.2 Å².